The highest BCUT2D eigenvalue weighted by molar-refractivity contribution is 6.12. The molecule has 9 heteroatoms. The van der Waals surface area contributed by atoms with Crippen LogP contribution in [0.5, 0.6) is 11.5 Å². The van der Waals surface area contributed by atoms with Crippen molar-refractivity contribution in [2.45, 2.75) is 44.1 Å². The summed E-state index contributed by atoms with van der Waals surface area (Å²) in [5.74, 6) is -2.04. The molecule has 30 heavy (non-hydrogen) atoms. The molecule has 2 aromatic rings. The summed E-state index contributed by atoms with van der Waals surface area (Å²) in [6.07, 6.45) is -7.84. The number of aliphatic hydroxyl groups excluding tert-OH is 5. The smallest absolute Gasteiger partial charge is 0.200 e. The van der Waals surface area contributed by atoms with Gasteiger partial charge in [-0.15, -0.1) is 0 Å². The maximum absolute atomic E-state index is 12.9. The number of hydrogen-bond acceptors (Lipinski definition) is 9. The van der Waals surface area contributed by atoms with Crippen LogP contribution < -0.4 is 0 Å². The van der Waals surface area contributed by atoms with E-state index >= 15 is 0 Å². The minimum Gasteiger partial charge on any atom is -0.507 e. The largest absolute Gasteiger partial charge is 0.507 e. The highest BCUT2D eigenvalue weighted by Gasteiger charge is 2.46. The second-order valence-electron chi connectivity index (χ2n) is 7.29. The molecule has 1 saturated heterocycles. The molecular formula is C21H24O9. The number of carbonyl (C=O) groups is 1. The van der Waals surface area contributed by atoms with E-state index < -0.39 is 66.6 Å². The first-order valence-corrected chi connectivity index (χ1v) is 9.31. The molecule has 5 atom stereocenters. The summed E-state index contributed by atoms with van der Waals surface area (Å²) in [7, 11) is 0. The van der Waals surface area contributed by atoms with Crippen LogP contribution in [-0.2, 0) is 11.3 Å². The van der Waals surface area contributed by atoms with Crippen molar-refractivity contribution in [1.29, 1.82) is 0 Å². The second-order valence-corrected chi connectivity index (χ2v) is 7.29. The Hall–Kier alpha value is -2.53. The topological polar surface area (TPSA) is 168 Å². The number of benzene rings is 2. The van der Waals surface area contributed by atoms with Crippen LogP contribution in [0.4, 0.5) is 0 Å². The zero-order valence-corrected chi connectivity index (χ0v) is 16.1. The van der Waals surface area contributed by atoms with E-state index in [0.717, 1.165) is 11.6 Å². The standard InChI is InChI=1S/C21H24O9/c1-9-2-4-10(5-3-9)16(25)15-12(24)6-11(7-22)14(18(15)27)21-20(29)19(28)17(26)13(8-23)30-21/h2-6,13,17,19-24,26-29H,7-8H2,1H3/t13?,17-,19-,20?,21+/m1/s1. The van der Waals surface area contributed by atoms with Crippen molar-refractivity contribution in [3.05, 3.63) is 58.1 Å². The third-order valence-electron chi connectivity index (χ3n) is 5.29. The van der Waals surface area contributed by atoms with Gasteiger partial charge in [0, 0.05) is 11.1 Å². The number of aliphatic hydroxyl groups is 5. The minimum atomic E-state index is -1.74. The van der Waals surface area contributed by atoms with Crippen molar-refractivity contribution in [3.8, 4) is 11.5 Å². The Labute approximate surface area is 172 Å². The predicted octanol–water partition coefficient (Wildman–Crippen LogP) is -0.356. The third-order valence-corrected chi connectivity index (χ3v) is 5.29. The maximum atomic E-state index is 12.9. The highest BCUT2D eigenvalue weighted by atomic mass is 16.5. The van der Waals surface area contributed by atoms with Gasteiger partial charge < -0.3 is 40.5 Å². The van der Waals surface area contributed by atoms with E-state index in [-0.39, 0.29) is 16.7 Å². The molecule has 0 bridgehead atoms. The summed E-state index contributed by atoms with van der Waals surface area (Å²) >= 11 is 0. The number of carbonyl (C=O) groups excluding carboxylic acids is 1. The molecule has 0 radical (unpaired) electrons. The van der Waals surface area contributed by atoms with Crippen LogP contribution in [0.2, 0.25) is 0 Å². The average molecular weight is 420 g/mol. The summed E-state index contributed by atoms with van der Waals surface area (Å²) in [6, 6.07) is 7.45. The molecule has 0 aromatic heterocycles. The molecule has 1 aliphatic rings. The average Bonchev–Trinajstić information content (AvgIpc) is 2.73. The Balaban J connectivity index is 2.14. The summed E-state index contributed by atoms with van der Waals surface area (Å²) in [5, 5.41) is 70.8. The van der Waals surface area contributed by atoms with Gasteiger partial charge in [-0.25, -0.2) is 0 Å². The molecule has 1 aliphatic heterocycles. The molecule has 0 aliphatic carbocycles. The number of hydrogen-bond donors (Lipinski definition) is 7. The quantitative estimate of drug-likeness (QED) is 0.320. The molecule has 162 valence electrons. The van der Waals surface area contributed by atoms with Gasteiger partial charge in [-0.3, -0.25) is 4.79 Å². The lowest BCUT2D eigenvalue weighted by atomic mass is 9.86. The van der Waals surface area contributed by atoms with Crippen LogP contribution in [-0.4, -0.2) is 72.6 Å². The van der Waals surface area contributed by atoms with Crippen LogP contribution in [0.25, 0.3) is 0 Å². The molecular weight excluding hydrogens is 396 g/mol. The predicted molar refractivity (Wildman–Crippen MR) is 103 cm³/mol. The molecule has 1 heterocycles. The fraction of sp³-hybridized carbons (Fsp3) is 0.381. The van der Waals surface area contributed by atoms with E-state index in [0.29, 0.717) is 0 Å². The summed E-state index contributed by atoms with van der Waals surface area (Å²) < 4.78 is 5.46. The van der Waals surface area contributed by atoms with Gasteiger partial charge in [-0.1, -0.05) is 29.8 Å². The molecule has 0 amide bonds. The van der Waals surface area contributed by atoms with Crippen molar-refractivity contribution in [2.24, 2.45) is 0 Å². The first-order chi connectivity index (χ1) is 14.2. The SMILES string of the molecule is Cc1ccc(C(=O)c2c(O)cc(CO)c([C@@H]3OC(CO)[C@@H](O)[C@@H](O)C3O)c2O)cc1. The maximum Gasteiger partial charge on any atom is 0.200 e. The number of aromatic hydroxyl groups is 2. The first-order valence-electron chi connectivity index (χ1n) is 9.31. The Morgan fingerprint density at radius 1 is 1.00 bits per heavy atom. The Morgan fingerprint density at radius 2 is 1.63 bits per heavy atom. The second kappa shape index (κ2) is 8.68. The minimum absolute atomic E-state index is 0.0604. The van der Waals surface area contributed by atoms with Crippen LogP contribution in [0, 0.1) is 6.92 Å². The summed E-state index contributed by atoms with van der Waals surface area (Å²) in [5.41, 5.74) is 0.320. The lowest BCUT2D eigenvalue weighted by Crippen LogP contribution is -2.55. The molecule has 0 spiro atoms. The monoisotopic (exact) mass is 420 g/mol. The number of aryl methyl sites for hydroxylation is 1. The Bertz CT molecular complexity index is 923. The van der Waals surface area contributed by atoms with Gasteiger partial charge in [-0.05, 0) is 18.6 Å². The van der Waals surface area contributed by atoms with E-state index in [2.05, 4.69) is 0 Å². The van der Waals surface area contributed by atoms with Crippen molar-refractivity contribution in [3.63, 3.8) is 0 Å². The van der Waals surface area contributed by atoms with Crippen molar-refractivity contribution >= 4 is 5.78 Å². The van der Waals surface area contributed by atoms with Crippen LogP contribution in [0.1, 0.15) is 38.7 Å². The van der Waals surface area contributed by atoms with Gasteiger partial charge in [0.25, 0.3) is 0 Å². The van der Waals surface area contributed by atoms with Gasteiger partial charge in [0.05, 0.1) is 13.2 Å². The number of ketones is 1. The summed E-state index contributed by atoms with van der Waals surface area (Å²) in [4.78, 5) is 12.9. The van der Waals surface area contributed by atoms with E-state index in [9.17, 15) is 40.5 Å². The normalized spacial score (nSPS) is 26.5. The van der Waals surface area contributed by atoms with Gasteiger partial charge in [0.1, 0.15) is 47.6 Å². The Morgan fingerprint density at radius 3 is 2.20 bits per heavy atom. The molecule has 7 N–H and O–H groups in total. The van der Waals surface area contributed by atoms with Crippen molar-refractivity contribution < 1.29 is 45.3 Å². The number of phenolic OH excluding ortho intramolecular Hbond substituents is 2. The zero-order valence-electron chi connectivity index (χ0n) is 16.1. The van der Waals surface area contributed by atoms with Crippen LogP contribution in [0.15, 0.2) is 30.3 Å². The van der Waals surface area contributed by atoms with E-state index in [1.807, 2.05) is 6.92 Å². The Kier molecular flexibility index (Phi) is 6.41. The number of ether oxygens (including phenoxy) is 1. The van der Waals surface area contributed by atoms with Gasteiger partial charge in [-0.2, -0.15) is 0 Å². The molecule has 0 saturated carbocycles. The molecule has 3 rings (SSSR count). The molecule has 1 fully saturated rings. The van der Waals surface area contributed by atoms with E-state index in [1.54, 1.807) is 12.1 Å². The number of rotatable bonds is 5. The molecule has 9 nitrogen and oxygen atoms in total. The lowest BCUT2D eigenvalue weighted by Gasteiger charge is -2.41. The number of phenols is 2. The third kappa shape index (κ3) is 3.79. The van der Waals surface area contributed by atoms with Crippen LogP contribution in [0.3, 0.4) is 0 Å². The van der Waals surface area contributed by atoms with E-state index in [4.69, 9.17) is 4.74 Å². The fourth-order valence-electron chi connectivity index (χ4n) is 3.58. The summed E-state index contributed by atoms with van der Waals surface area (Å²) in [6.45, 7) is 0.449. The zero-order chi connectivity index (χ0) is 22.2. The van der Waals surface area contributed by atoms with Crippen molar-refractivity contribution in [2.75, 3.05) is 6.61 Å². The van der Waals surface area contributed by atoms with Gasteiger partial charge in [0.2, 0.25) is 5.78 Å². The fourth-order valence-corrected chi connectivity index (χ4v) is 3.58. The molecule has 2 aromatic carbocycles. The van der Waals surface area contributed by atoms with Gasteiger partial charge in [0.15, 0.2) is 0 Å². The van der Waals surface area contributed by atoms with E-state index in [1.165, 1.54) is 12.1 Å². The van der Waals surface area contributed by atoms with Crippen molar-refractivity contribution in [1.82, 2.24) is 0 Å². The van der Waals surface area contributed by atoms with Gasteiger partial charge >= 0.3 is 0 Å². The lowest BCUT2D eigenvalue weighted by molar-refractivity contribution is -0.232. The first kappa shape index (κ1) is 22.2. The van der Waals surface area contributed by atoms with Crippen LogP contribution >= 0.6 is 0 Å². The molecule has 2 unspecified atom stereocenters. The highest BCUT2D eigenvalue weighted by Crippen LogP contribution is 2.43.